The molecule has 2 aromatic rings. The Hall–Kier alpha value is -1.97. The van der Waals surface area contributed by atoms with E-state index in [-0.39, 0.29) is 16.2 Å². The summed E-state index contributed by atoms with van der Waals surface area (Å²) >= 11 is 1.17. The molecule has 2 aliphatic rings. The van der Waals surface area contributed by atoms with Crippen molar-refractivity contribution in [2.75, 3.05) is 6.54 Å². The van der Waals surface area contributed by atoms with Crippen LogP contribution in [0.3, 0.4) is 0 Å². The molecule has 29 heavy (non-hydrogen) atoms. The van der Waals surface area contributed by atoms with E-state index in [2.05, 4.69) is 10.3 Å². The molecule has 1 N–H and O–H groups in total. The van der Waals surface area contributed by atoms with Gasteiger partial charge in [-0.1, -0.05) is 12.1 Å². The molecule has 2 fully saturated rings. The van der Waals surface area contributed by atoms with Crippen molar-refractivity contribution >= 4 is 27.3 Å². The fourth-order valence-electron chi connectivity index (χ4n) is 3.88. The lowest BCUT2D eigenvalue weighted by atomic mass is 10.2. The van der Waals surface area contributed by atoms with Crippen LogP contribution in [0.1, 0.15) is 44.1 Å². The number of carbonyl (C=O) groups excluding carboxylic acids is 1. The van der Waals surface area contributed by atoms with E-state index in [4.69, 9.17) is 4.74 Å². The van der Waals surface area contributed by atoms with Crippen LogP contribution in [0.25, 0.3) is 0 Å². The van der Waals surface area contributed by atoms with Gasteiger partial charge in [-0.05, 0) is 55.5 Å². The highest BCUT2D eigenvalue weighted by atomic mass is 32.2. The van der Waals surface area contributed by atoms with Gasteiger partial charge in [0.15, 0.2) is 0 Å². The van der Waals surface area contributed by atoms with E-state index < -0.39 is 16.1 Å². The maximum Gasteiger partial charge on any atom is 0.253 e. The first-order valence-corrected chi connectivity index (χ1v) is 12.3. The lowest BCUT2D eigenvalue weighted by molar-refractivity contribution is -0.124. The minimum absolute atomic E-state index is 0.256. The van der Waals surface area contributed by atoms with E-state index in [1.807, 2.05) is 12.1 Å². The summed E-state index contributed by atoms with van der Waals surface area (Å²) in [6.07, 6.45) is 7.72. The Balaban J connectivity index is 1.34. The topological polar surface area (TPSA) is 88.6 Å². The highest BCUT2D eigenvalue weighted by molar-refractivity contribution is 7.91. The predicted octanol–water partition coefficient (Wildman–Crippen LogP) is 2.93. The van der Waals surface area contributed by atoms with Crippen molar-refractivity contribution in [1.82, 2.24) is 14.6 Å². The largest absolute Gasteiger partial charge is 0.474 e. The van der Waals surface area contributed by atoms with Crippen molar-refractivity contribution in [3.63, 3.8) is 0 Å². The van der Waals surface area contributed by atoms with E-state index in [1.165, 1.54) is 28.5 Å². The van der Waals surface area contributed by atoms with Crippen molar-refractivity contribution in [3.05, 3.63) is 41.4 Å². The van der Waals surface area contributed by atoms with Gasteiger partial charge in [0.05, 0.1) is 0 Å². The number of aromatic nitrogens is 1. The average Bonchev–Trinajstić information content (AvgIpc) is 3.49. The molecule has 1 saturated heterocycles. The lowest BCUT2D eigenvalue weighted by Crippen LogP contribution is -2.45. The first kappa shape index (κ1) is 20.3. The Bertz CT molecular complexity index is 923. The Morgan fingerprint density at radius 2 is 2.03 bits per heavy atom. The molecule has 2 aromatic heterocycles. The molecular weight excluding hydrogens is 410 g/mol. The van der Waals surface area contributed by atoms with Crippen LogP contribution in [0.5, 0.6) is 5.88 Å². The van der Waals surface area contributed by atoms with Gasteiger partial charge in [-0.15, -0.1) is 11.3 Å². The van der Waals surface area contributed by atoms with Gasteiger partial charge in [0.2, 0.25) is 11.8 Å². The molecule has 1 amide bonds. The molecule has 156 valence electrons. The number of thiophene rings is 1. The monoisotopic (exact) mass is 435 g/mol. The summed E-state index contributed by atoms with van der Waals surface area (Å²) in [6, 6.07) is 6.32. The van der Waals surface area contributed by atoms with E-state index >= 15 is 0 Å². The summed E-state index contributed by atoms with van der Waals surface area (Å²) in [5.41, 5.74) is 0.850. The number of nitrogens with zero attached hydrogens (tertiary/aromatic N) is 2. The normalized spacial score (nSPS) is 20.8. The van der Waals surface area contributed by atoms with Gasteiger partial charge in [0.1, 0.15) is 16.4 Å². The van der Waals surface area contributed by atoms with Crippen LogP contribution in [0.4, 0.5) is 0 Å². The molecule has 0 radical (unpaired) electrons. The van der Waals surface area contributed by atoms with E-state index in [0.29, 0.717) is 31.8 Å². The second kappa shape index (κ2) is 8.81. The molecular formula is C20H25N3O4S2. The molecule has 3 heterocycles. The van der Waals surface area contributed by atoms with Crippen LogP contribution in [0.15, 0.2) is 40.1 Å². The van der Waals surface area contributed by atoms with Gasteiger partial charge in [0, 0.05) is 25.4 Å². The van der Waals surface area contributed by atoms with Crippen LogP contribution in [-0.2, 0) is 21.4 Å². The van der Waals surface area contributed by atoms with Crippen molar-refractivity contribution in [1.29, 1.82) is 0 Å². The zero-order valence-corrected chi connectivity index (χ0v) is 17.8. The fourth-order valence-corrected chi connectivity index (χ4v) is 6.66. The number of hydrogen-bond donors (Lipinski definition) is 1. The average molecular weight is 436 g/mol. The standard InChI is InChI=1S/C20H25N3O4S2/c24-20(17-7-3-11-23(17)29(25,26)19-8-4-12-28-19)22-14-15-9-10-18(21-13-15)27-16-5-1-2-6-16/h4,8-10,12-13,16-17H,1-3,5-7,11,14H2,(H,22,24). The quantitative estimate of drug-likeness (QED) is 0.722. The summed E-state index contributed by atoms with van der Waals surface area (Å²) in [4.78, 5) is 17.0. The van der Waals surface area contributed by atoms with Crippen LogP contribution in [0.2, 0.25) is 0 Å². The van der Waals surface area contributed by atoms with E-state index in [9.17, 15) is 13.2 Å². The summed E-state index contributed by atoms with van der Waals surface area (Å²) in [7, 11) is -3.63. The third kappa shape index (κ3) is 4.62. The highest BCUT2D eigenvalue weighted by Gasteiger charge is 2.39. The minimum Gasteiger partial charge on any atom is -0.474 e. The summed E-state index contributed by atoms with van der Waals surface area (Å²) in [5.74, 6) is 0.338. The van der Waals surface area contributed by atoms with E-state index in [1.54, 1.807) is 23.7 Å². The summed E-state index contributed by atoms with van der Waals surface area (Å²) in [6.45, 7) is 0.673. The van der Waals surface area contributed by atoms with Gasteiger partial charge in [-0.2, -0.15) is 4.31 Å². The maximum absolute atomic E-state index is 12.8. The molecule has 1 aliphatic carbocycles. The third-order valence-electron chi connectivity index (χ3n) is 5.42. The van der Waals surface area contributed by atoms with Gasteiger partial charge in [-0.25, -0.2) is 13.4 Å². The number of rotatable bonds is 7. The molecule has 7 nitrogen and oxygen atoms in total. The Kier molecular flexibility index (Phi) is 6.17. The van der Waals surface area contributed by atoms with Crippen LogP contribution < -0.4 is 10.1 Å². The molecule has 9 heteroatoms. The molecule has 4 rings (SSSR count). The number of sulfonamides is 1. The van der Waals surface area contributed by atoms with Crippen molar-refractivity contribution in [3.8, 4) is 5.88 Å². The third-order valence-corrected chi connectivity index (χ3v) is 8.70. The Morgan fingerprint density at radius 1 is 1.21 bits per heavy atom. The molecule has 0 spiro atoms. The van der Waals surface area contributed by atoms with Crippen LogP contribution in [0, 0.1) is 0 Å². The smallest absolute Gasteiger partial charge is 0.253 e. The van der Waals surface area contributed by atoms with Gasteiger partial charge >= 0.3 is 0 Å². The first-order valence-electron chi connectivity index (χ1n) is 9.99. The zero-order chi connectivity index (χ0) is 20.3. The SMILES string of the molecule is O=C(NCc1ccc(OC2CCCC2)nc1)C1CCCN1S(=O)(=O)c1cccs1. The first-order chi connectivity index (χ1) is 14.0. The van der Waals surface area contributed by atoms with Crippen molar-refractivity contribution in [2.45, 2.75) is 61.4 Å². The van der Waals surface area contributed by atoms with Crippen molar-refractivity contribution in [2.24, 2.45) is 0 Å². The second-order valence-corrected chi connectivity index (χ2v) is 10.5. The van der Waals surface area contributed by atoms with Crippen molar-refractivity contribution < 1.29 is 17.9 Å². The Labute approximate surface area is 175 Å². The summed E-state index contributed by atoms with van der Waals surface area (Å²) in [5, 5.41) is 4.59. The number of carbonyl (C=O) groups is 1. The molecule has 0 aromatic carbocycles. The minimum atomic E-state index is -3.63. The number of nitrogens with one attached hydrogen (secondary N) is 1. The van der Waals surface area contributed by atoms with Crippen LogP contribution >= 0.6 is 11.3 Å². The van der Waals surface area contributed by atoms with Crippen LogP contribution in [-0.4, -0.2) is 42.3 Å². The summed E-state index contributed by atoms with van der Waals surface area (Å²) < 4.78 is 33.0. The zero-order valence-electron chi connectivity index (χ0n) is 16.1. The van der Waals surface area contributed by atoms with E-state index in [0.717, 1.165) is 18.4 Å². The maximum atomic E-state index is 12.8. The molecule has 1 unspecified atom stereocenters. The van der Waals surface area contributed by atoms with Gasteiger partial charge < -0.3 is 10.1 Å². The molecule has 1 atom stereocenters. The lowest BCUT2D eigenvalue weighted by Gasteiger charge is -2.22. The Morgan fingerprint density at radius 3 is 2.72 bits per heavy atom. The number of amides is 1. The van der Waals surface area contributed by atoms with Gasteiger partial charge in [-0.3, -0.25) is 4.79 Å². The molecule has 0 bridgehead atoms. The second-order valence-electron chi connectivity index (χ2n) is 7.45. The number of hydrogen-bond acceptors (Lipinski definition) is 6. The number of ether oxygens (including phenoxy) is 1. The molecule has 1 aliphatic heterocycles. The fraction of sp³-hybridized carbons (Fsp3) is 0.500. The molecule has 1 saturated carbocycles. The highest BCUT2D eigenvalue weighted by Crippen LogP contribution is 2.28. The van der Waals surface area contributed by atoms with Gasteiger partial charge in [0.25, 0.3) is 10.0 Å². The predicted molar refractivity (Wildman–Crippen MR) is 110 cm³/mol. The number of pyridine rings is 1.